The normalized spacial score (nSPS) is 11.2. The first kappa shape index (κ1) is 16.9. The van der Waals surface area contributed by atoms with Crippen molar-refractivity contribution in [3.63, 3.8) is 0 Å². The molecule has 0 aliphatic heterocycles. The van der Waals surface area contributed by atoms with Crippen LogP contribution in [0.5, 0.6) is 5.75 Å². The van der Waals surface area contributed by atoms with Crippen LogP contribution in [-0.2, 0) is 6.18 Å². The summed E-state index contributed by atoms with van der Waals surface area (Å²) < 4.78 is 44.2. The Morgan fingerprint density at radius 3 is 2.48 bits per heavy atom. The summed E-state index contributed by atoms with van der Waals surface area (Å²) in [7, 11) is 0. The number of para-hydroxylation sites is 1. The monoisotopic (exact) mass is 323 g/mol. The average Bonchev–Trinajstić information content (AvgIpc) is 2.49. The first-order valence-corrected chi connectivity index (χ1v) is 7.04. The summed E-state index contributed by atoms with van der Waals surface area (Å²) in [6.07, 6.45) is -4.53. The van der Waals surface area contributed by atoms with Crippen LogP contribution in [0.3, 0.4) is 0 Å². The van der Waals surface area contributed by atoms with Gasteiger partial charge in [0.05, 0.1) is 17.9 Å². The minimum Gasteiger partial charge on any atom is -0.494 e. The largest absolute Gasteiger partial charge is 0.494 e. The lowest BCUT2D eigenvalue weighted by Crippen LogP contribution is -2.16. The summed E-state index contributed by atoms with van der Waals surface area (Å²) >= 11 is 0. The molecule has 0 spiro atoms. The van der Waals surface area contributed by atoms with Crippen LogP contribution in [0, 0.1) is 6.92 Å². The van der Waals surface area contributed by atoms with Gasteiger partial charge in [0.25, 0.3) is 5.91 Å². The molecule has 0 radical (unpaired) electrons. The zero-order chi connectivity index (χ0) is 17.0. The smallest absolute Gasteiger partial charge is 0.418 e. The van der Waals surface area contributed by atoms with Crippen LogP contribution < -0.4 is 10.1 Å². The molecular formula is C17H16F3NO2. The molecule has 0 heterocycles. The van der Waals surface area contributed by atoms with Gasteiger partial charge in [-0.1, -0.05) is 12.1 Å². The third kappa shape index (κ3) is 4.03. The third-order valence-electron chi connectivity index (χ3n) is 3.22. The SMILES string of the molecule is CCOc1ccc(C(=O)Nc2ccccc2C(F)(F)F)cc1C. The van der Waals surface area contributed by atoms with Gasteiger partial charge in [-0.2, -0.15) is 13.2 Å². The summed E-state index contributed by atoms with van der Waals surface area (Å²) in [5, 5.41) is 2.31. The molecule has 3 nitrogen and oxygen atoms in total. The van der Waals surface area contributed by atoms with Crippen molar-refractivity contribution in [1.82, 2.24) is 0 Å². The molecule has 23 heavy (non-hydrogen) atoms. The van der Waals surface area contributed by atoms with E-state index in [4.69, 9.17) is 4.74 Å². The van der Waals surface area contributed by atoms with E-state index in [2.05, 4.69) is 5.32 Å². The van der Waals surface area contributed by atoms with Crippen molar-refractivity contribution in [2.24, 2.45) is 0 Å². The van der Waals surface area contributed by atoms with Crippen LogP contribution in [0.25, 0.3) is 0 Å². The number of anilines is 1. The molecular weight excluding hydrogens is 307 g/mol. The van der Waals surface area contributed by atoms with E-state index in [0.29, 0.717) is 12.4 Å². The molecule has 6 heteroatoms. The van der Waals surface area contributed by atoms with Crippen molar-refractivity contribution in [1.29, 1.82) is 0 Å². The molecule has 2 aromatic rings. The molecule has 0 aliphatic carbocycles. The standard InChI is InChI=1S/C17H16F3NO2/c1-3-23-15-9-8-12(10-11(15)2)16(22)21-14-7-5-4-6-13(14)17(18,19)20/h4-10H,3H2,1-2H3,(H,21,22). The van der Waals surface area contributed by atoms with E-state index in [1.165, 1.54) is 24.3 Å². The Hall–Kier alpha value is -2.50. The molecule has 2 aromatic carbocycles. The molecule has 1 N–H and O–H groups in total. The van der Waals surface area contributed by atoms with Crippen molar-refractivity contribution in [2.45, 2.75) is 20.0 Å². The van der Waals surface area contributed by atoms with Crippen molar-refractivity contribution in [3.8, 4) is 5.75 Å². The lowest BCUT2D eigenvalue weighted by Gasteiger charge is -2.14. The number of benzene rings is 2. The lowest BCUT2D eigenvalue weighted by atomic mass is 10.1. The highest BCUT2D eigenvalue weighted by molar-refractivity contribution is 6.04. The maximum Gasteiger partial charge on any atom is 0.418 e. The van der Waals surface area contributed by atoms with Gasteiger partial charge in [-0.05, 0) is 49.7 Å². The van der Waals surface area contributed by atoms with Crippen LogP contribution >= 0.6 is 0 Å². The summed E-state index contributed by atoms with van der Waals surface area (Å²) in [6, 6.07) is 9.60. The number of hydrogen-bond acceptors (Lipinski definition) is 2. The van der Waals surface area contributed by atoms with Crippen LogP contribution in [0.15, 0.2) is 42.5 Å². The van der Waals surface area contributed by atoms with Gasteiger partial charge in [0.15, 0.2) is 0 Å². The number of carbonyl (C=O) groups excluding carboxylic acids is 1. The number of nitrogens with one attached hydrogen (secondary N) is 1. The molecule has 0 aromatic heterocycles. The number of halogens is 3. The van der Waals surface area contributed by atoms with Gasteiger partial charge in [0.2, 0.25) is 0 Å². The van der Waals surface area contributed by atoms with E-state index in [0.717, 1.165) is 11.6 Å². The van der Waals surface area contributed by atoms with Crippen molar-refractivity contribution < 1.29 is 22.7 Å². The molecule has 0 saturated heterocycles. The van der Waals surface area contributed by atoms with Crippen LogP contribution in [-0.4, -0.2) is 12.5 Å². The van der Waals surface area contributed by atoms with Crippen molar-refractivity contribution in [3.05, 3.63) is 59.2 Å². The maximum absolute atomic E-state index is 12.9. The maximum atomic E-state index is 12.9. The highest BCUT2D eigenvalue weighted by Crippen LogP contribution is 2.34. The van der Waals surface area contributed by atoms with E-state index in [1.54, 1.807) is 19.1 Å². The van der Waals surface area contributed by atoms with Gasteiger partial charge in [0, 0.05) is 5.56 Å². The highest BCUT2D eigenvalue weighted by atomic mass is 19.4. The molecule has 2 rings (SSSR count). The number of hydrogen-bond donors (Lipinski definition) is 1. The van der Waals surface area contributed by atoms with E-state index in [1.807, 2.05) is 6.92 Å². The lowest BCUT2D eigenvalue weighted by molar-refractivity contribution is -0.136. The Morgan fingerprint density at radius 1 is 1.17 bits per heavy atom. The first-order chi connectivity index (χ1) is 10.8. The number of amides is 1. The number of carbonyl (C=O) groups is 1. The van der Waals surface area contributed by atoms with E-state index < -0.39 is 17.6 Å². The van der Waals surface area contributed by atoms with E-state index in [-0.39, 0.29) is 11.3 Å². The second-order valence-corrected chi connectivity index (χ2v) is 4.91. The Morgan fingerprint density at radius 2 is 1.87 bits per heavy atom. The quantitative estimate of drug-likeness (QED) is 0.888. The van der Waals surface area contributed by atoms with Crippen LogP contribution in [0.1, 0.15) is 28.4 Å². The van der Waals surface area contributed by atoms with Gasteiger partial charge >= 0.3 is 6.18 Å². The minimum atomic E-state index is -4.53. The van der Waals surface area contributed by atoms with Gasteiger partial charge in [-0.15, -0.1) is 0 Å². The second-order valence-electron chi connectivity index (χ2n) is 4.91. The van der Waals surface area contributed by atoms with Gasteiger partial charge in [-0.3, -0.25) is 4.79 Å². The first-order valence-electron chi connectivity index (χ1n) is 7.04. The molecule has 0 aliphatic rings. The zero-order valence-corrected chi connectivity index (χ0v) is 12.7. The Kier molecular flexibility index (Phi) is 4.93. The third-order valence-corrected chi connectivity index (χ3v) is 3.22. The number of aryl methyl sites for hydroxylation is 1. The molecule has 0 saturated carbocycles. The second kappa shape index (κ2) is 6.73. The van der Waals surface area contributed by atoms with Crippen molar-refractivity contribution >= 4 is 11.6 Å². The van der Waals surface area contributed by atoms with E-state index in [9.17, 15) is 18.0 Å². The Bertz CT molecular complexity index is 711. The van der Waals surface area contributed by atoms with Crippen LogP contribution in [0.2, 0.25) is 0 Å². The average molecular weight is 323 g/mol. The van der Waals surface area contributed by atoms with Gasteiger partial charge in [-0.25, -0.2) is 0 Å². The molecule has 1 amide bonds. The van der Waals surface area contributed by atoms with Crippen molar-refractivity contribution in [2.75, 3.05) is 11.9 Å². The Balaban J connectivity index is 2.25. The fraction of sp³-hybridized carbons (Fsp3) is 0.235. The summed E-state index contributed by atoms with van der Waals surface area (Å²) in [5.74, 6) is 0.0348. The predicted octanol–water partition coefficient (Wildman–Crippen LogP) is 4.66. The van der Waals surface area contributed by atoms with Gasteiger partial charge in [0.1, 0.15) is 5.75 Å². The topological polar surface area (TPSA) is 38.3 Å². The highest BCUT2D eigenvalue weighted by Gasteiger charge is 2.33. The predicted molar refractivity (Wildman–Crippen MR) is 81.7 cm³/mol. The summed E-state index contributed by atoms with van der Waals surface area (Å²) in [4.78, 5) is 12.2. The Labute approximate surface area is 132 Å². The zero-order valence-electron chi connectivity index (χ0n) is 12.7. The minimum absolute atomic E-state index is 0.267. The summed E-state index contributed by atoms with van der Waals surface area (Å²) in [5.41, 5.74) is -0.140. The van der Waals surface area contributed by atoms with E-state index >= 15 is 0 Å². The van der Waals surface area contributed by atoms with Crippen LogP contribution in [0.4, 0.5) is 18.9 Å². The molecule has 0 bridgehead atoms. The molecule has 0 unspecified atom stereocenters. The number of ether oxygens (including phenoxy) is 1. The van der Waals surface area contributed by atoms with Gasteiger partial charge < -0.3 is 10.1 Å². The fourth-order valence-corrected chi connectivity index (χ4v) is 2.14. The molecule has 122 valence electrons. The summed E-state index contributed by atoms with van der Waals surface area (Å²) in [6.45, 7) is 4.10. The number of alkyl halides is 3. The fourth-order valence-electron chi connectivity index (χ4n) is 2.14. The molecule has 0 atom stereocenters. The molecule has 0 fully saturated rings. The number of rotatable bonds is 4.